The van der Waals surface area contributed by atoms with Gasteiger partial charge >= 0.3 is 0 Å². The molecule has 1 heterocycles. The maximum absolute atomic E-state index is 6.66. The van der Waals surface area contributed by atoms with Crippen LogP contribution in [0.15, 0.2) is 18.2 Å². The highest BCUT2D eigenvalue weighted by molar-refractivity contribution is 5.40. The number of rotatable bonds is 2. The van der Waals surface area contributed by atoms with E-state index in [1.54, 1.807) is 7.11 Å². The van der Waals surface area contributed by atoms with Crippen molar-refractivity contribution in [2.24, 2.45) is 5.73 Å². The zero-order valence-corrected chi connectivity index (χ0v) is 13.3. The molecule has 1 aliphatic carbocycles. The topological polar surface area (TPSA) is 38.5 Å². The normalized spacial score (nSPS) is 30.5. The van der Waals surface area contributed by atoms with Crippen LogP contribution >= 0.6 is 0 Å². The third-order valence-electron chi connectivity index (χ3n) is 5.37. The van der Waals surface area contributed by atoms with E-state index in [9.17, 15) is 0 Å². The second-order valence-electron chi connectivity index (χ2n) is 6.63. The van der Waals surface area contributed by atoms with Gasteiger partial charge in [0.1, 0.15) is 5.75 Å². The highest BCUT2D eigenvalue weighted by atomic mass is 16.5. The number of hydrogen-bond donors (Lipinski definition) is 1. The smallest absolute Gasteiger partial charge is 0.119 e. The lowest BCUT2D eigenvalue weighted by Crippen LogP contribution is -2.49. The van der Waals surface area contributed by atoms with Crippen LogP contribution in [-0.4, -0.2) is 30.6 Å². The minimum atomic E-state index is 0.115. The molecule has 0 saturated carbocycles. The van der Waals surface area contributed by atoms with Gasteiger partial charge in [0, 0.05) is 18.1 Å². The van der Waals surface area contributed by atoms with Crippen molar-refractivity contribution >= 4 is 0 Å². The molecule has 0 bridgehead atoms. The summed E-state index contributed by atoms with van der Waals surface area (Å²) in [7, 11) is 1.73. The van der Waals surface area contributed by atoms with Crippen molar-refractivity contribution in [2.75, 3.05) is 13.7 Å². The molecule has 116 valence electrons. The van der Waals surface area contributed by atoms with E-state index in [2.05, 4.69) is 30.0 Å². The van der Waals surface area contributed by atoms with Gasteiger partial charge in [0.2, 0.25) is 0 Å². The Morgan fingerprint density at radius 3 is 2.86 bits per heavy atom. The lowest BCUT2D eigenvalue weighted by Gasteiger charge is -2.42. The highest BCUT2D eigenvalue weighted by Crippen LogP contribution is 2.35. The number of methoxy groups -OCH3 is 1. The summed E-state index contributed by atoms with van der Waals surface area (Å²) in [6.45, 7) is 3.58. The predicted octanol–water partition coefficient (Wildman–Crippen LogP) is 3.27. The summed E-state index contributed by atoms with van der Waals surface area (Å²) < 4.78 is 5.38. The number of benzene rings is 1. The first-order chi connectivity index (χ1) is 10.2. The minimum Gasteiger partial charge on any atom is -0.497 e. The highest BCUT2D eigenvalue weighted by Gasteiger charge is 2.34. The van der Waals surface area contributed by atoms with Gasteiger partial charge in [-0.15, -0.1) is 0 Å². The second kappa shape index (κ2) is 6.37. The number of fused-ring (bicyclic) bond motifs is 1. The Bertz CT molecular complexity index is 488. The van der Waals surface area contributed by atoms with Gasteiger partial charge in [-0.2, -0.15) is 0 Å². The standard InChI is InChI=1S/C18H28N2O/c1-13-6-4-3-5-11-20(13)17-10-8-14-7-9-15(21-2)12-16(14)18(17)19/h7,9,12-13,17-18H,3-6,8,10-11,19H2,1-2H3. The zero-order valence-electron chi connectivity index (χ0n) is 13.3. The van der Waals surface area contributed by atoms with Crippen LogP contribution in [0.25, 0.3) is 0 Å². The van der Waals surface area contributed by atoms with Gasteiger partial charge in [-0.05, 0) is 62.4 Å². The number of likely N-dealkylation sites (tertiary alicyclic amines) is 1. The molecule has 1 aromatic rings. The predicted molar refractivity (Wildman–Crippen MR) is 86.7 cm³/mol. The Hall–Kier alpha value is -1.06. The molecule has 1 saturated heterocycles. The first-order valence-electron chi connectivity index (χ1n) is 8.39. The molecule has 3 rings (SSSR count). The summed E-state index contributed by atoms with van der Waals surface area (Å²) in [4.78, 5) is 2.68. The minimum absolute atomic E-state index is 0.115. The second-order valence-corrected chi connectivity index (χ2v) is 6.63. The monoisotopic (exact) mass is 288 g/mol. The largest absolute Gasteiger partial charge is 0.497 e. The lowest BCUT2D eigenvalue weighted by molar-refractivity contribution is 0.113. The van der Waals surface area contributed by atoms with E-state index < -0.39 is 0 Å². The van der Waals surface area contributed by atoms with E-state index in [0.29, 0.717) is 12.1 Å². The van der Waals surface area contributed by atoms with Crippen LogP contribution in [0, 0.1) is 0 Å². The van der Waals surface area contributed by atoms with Gasteiger partial charge in [0.05, 0.1) is 7.11 Å². The average molecular weight is 288 g/mol. The number of ether oxygens (including phenoxy) is 1. The van der Waals surface area contributed by atoms with Gasteiger partial charge in [0.15, 0.2) is 0 Å². The fourth-order valence-electron chi connectivity index (χ4n) is 4.09. The number of aryl methyl sites for hydroxylation is 1. The van der Waals surface area contributed by atoms with Gasteiger partial charge in [-0.1, -0.05) is 18.9 Å². The summed E-state index contributed by atoms with van der Waals surface area (Å²) in [6, 6.07) is 7.66. The number of nitrogens with two attached hydrogens (primary N) is 1. The Labute approximate surface area is 128 Å². The third-order valence-corrected chi connectivity index (χ3v) is 5.37. The van der Waals surface area contributed by atoms with Gasteiger partial charge < -0.3 is 10.5 Å². The Morgan fingerprint density at radius 2 is 2.05 bits per heavy atom. The summed E-state index contributed by atoms with van der Waals surface area (Å²) in [5.41, 5.74) is 9.36. The molecule has 3 nitrogen and oxygen atoms in total. The van der Waals surface area contributed by atoms with Crippen LogP contribution in [0.5, 0.6) is 5.75 Å². The summed E-state index contributed by atoms with van der Waals surface area (Å²) in [6.07, 6.45) is 7.69. The molecule has 2 aliphatic rings. The molecule has 1 aromatic carbocycles. The summed E-state index contributed by atoms with van der Waals surface area (Å²) >= 11 is 0. The lowest BCUT2D eigenvalue weighted by atomic mass is 9.83. The number of hydrogen-bond acceptors (Lipinski definition) is 3. The first-order valence-corrected chi connectivity index (χ1v) is 8.39. The van der Waals surface area contributed by atoms with Crippen molar-refractivity contribution in [3.63, 3.8) is 0 Å². The molecule has 0 radical (unpaired) electrons. The molecular formula is C18H28N2O. The molecule has 3 unspecified atom stereocenters. The SMILES string of the molecule is COc1ccc2c(c1)C(N)C(N1CCCCCC1C)CC2. The van der Waals surface area contributed by atoms with Gasteiger partial charge in [0.25, 0.3) is 0 Å². The third kappa shape index (κ3) is 2.95. The maximum atomic E-state index is 6.66. The zero-order chi connectivity index (χ0) is 14.8. The van der Waals surface area contributed by atoms with Crippen molar-refractivity contribution in [3.05, 3.63) is 29.3 Å². The van der Waals surface area contributed by atoms with E-state index in [1.165, 1.54) is 49.8 Å². The first kappa shape index (κ1) is 14.9. The van der Waals surface area contributed by atoms with E-state index in [1.807, 2.05) is 0 Å². The average Bonchev–Trinajstić information content (AvgIpc) is 2.72. The molecule has 0 aromatic heterocycles. The molecule has 2 N–H and O–H groups in total. The Morgan fingerprint density at radius 1 is 1.19 bits per heavy atom. The van der Waals surface area contributed by atoms with Crippen LogP contribution in [-0.2, 0) is 6.42 Å². The molecule has 0 spiro atoms. The van der Waals surface area contributed by atoms with Crippen molar-refractivity contribution < 1.29 is 4.74 Å². The maximum Gasteiger partial charge on any atom is 0.119 e. The molecule has 1 fully saturated rings. The van der Waals surface area contributed by atoms with E-state index in [0.717, 1.165) is 12.2 Å². The molecule has 0 amide bonds. The van der Waals surface area contributed by atoms with Crippen LogP contribution < -0.4 is 10.5 Å². The number of nitrogens with zero attached hydrogens (tertiary/aromatic N) is 1. The molecule has 1 aliphatic heterocycles. The molecular weight excluding hydrogens is 260 g/mol. The van der Waals surface area contributed by atoms with Gasteiger partial charge in [-0.3, -0.25) is 4.90 Å². The van der Waals surface area contributed by atoms with Crippen LogP contribution in [0.4, 0.5) is 0 Å². The molecule has 3 heteroatoms. The van der Waals surface area contributed by atoms with Crippen LogP contribution in [0.2, 0.25) is 0 Å². The van der Waals surface area contributed by atoms with E-state index in [-0.39, 0.29) is 6.04 Å². The van der Waals surface area contributed by atoms with Crippen LogP contribution in [0.3, 0.4) is 0 Å². The van der Waals surface area contributed by atoms with Crippen molar-refractivity contribution in [2.45, 2.75) is 63.6 Å². The van der Waals surface area contributed by atoms with Crippen molar-refractivity contribution in [1.82, 2.24) is 4.90 Å². The fraction of sp³-hybridized carbons (Fsp3) is 0.667. The van der Waals surface area contributed by atoms with Crippen molar-refractivity contribution in [3.8, 4) is 5.75 Å². The fourth-order valence-corrected chi connectivity index (χ4v) is 4.09. The summed E-state index contributed by atoms with van der Waals surface area (Å²) in [5, 5.41) is 0. The van der Waals surface area contributed by atoms with E-state index in [4.69, 9.17) is 10.5 Å². The molecule has 3 atom stereocenters. The van der Waals surface area contributed by atoms with Crippen LogP contribution in [0.1, 0.15) is 56.2 Å². The van der Waals surface area contributed by atoms with E-state index >= 15 is 0 Å². The summed E-state index contributed by atoms with van der Waals surface area (Å²) in [5.74, 6) is 0.925. The molecule has 21 heavy (non-hydrogen) atoms. The van der Waals surface area contributed by atoms with Crippen molar-refractivity contribution in [1.29, 1.82) is 0 Å². The Kier molecular flexibility index (Phi) is 4.51. The quantitative estimate of drug-likeness (QED) is 0.907. The Balaban J connectivity index is 1.85. The van der Waals surface area contributed by atoms with Gasteiger partial charge in [-0.25, -0.2) is 0 Å².